The van der Waals surface area contributed by atoms with Gasteiger partial charge in [0, 0.05) is 18.7 Å². The van der Waals surface area contributed by atoms with Gasteiger partial charge in [-0.2, -0.15) is 0 Å². The molecule has 0 radical (unpaired) electrons. The van der Waals surface area contributed by atoms with E-state index in [9.17, 15) is 8.78 Å². The lowest BCUT2D eigenvalue weighted by Crippen LogP contribution is -2.16. The zero-order valence-corrected chi connectivity index (χ0v) is 11.2. The molecule has 0 aliphatic carbocycles. The topological polar surface area (TPSA) is 70.6 Å². The fourth-order valence-corrected chi connectivity index (χ4v) is 1.90. The molecule has 0 aliphatic rings. The molecule has 0 amide bonds. The van der Waals surface area contributed by atoms with Gasteiger partial charge in [0.25, 0.3) is 0 Å². The standard InChI is InChI=1S/C15H15F2N3O/c16-13-5-4-11(7-14(13)17)9-19-8-10-2-1-3-12(6-10)15(18)20-21/h1-7,19,21H,8-9H2,(H2,18,20). The van der Waals surface area contributed by atoms with Crippen LogP contribution < -0.4 is 11.1 Å². The van der Waals surface area contributed by atoms with Gasteiger partial charge in [0.15, 0.2) is 17.5 Å². The van der Waals surface area contributed by atoms with Gasteiger partial charge >= 0.3 is 0 Å². The van der Waals surface area contributed by atoms with E-state index in [1.54, 1.807) is 18.2 Å². The molecule has 0 atom stereocenters. The van der Waals surface area contributed by atoms with E-state index in [1.165, 1.54) is 6.07 Å². The first-order valence-corrected chi connectivity index (χ1v) is 6.31. The van der Waals surface area contributed by atoms with Crippen molar-refractivity contribution in [2.45, 2.75) is 13.1 Å². The van der Waals surface area contributed by atoms with Gasteiger partial charge < -0.3 is 16.3 Å². The van der Waals surface area contributed by atoms with Crippen LogP contribution in [0.3, 0.4) is 0 Å². The number of nitrogens with two attached hydrogens (primary N) is 1. The number of hydrogen-bond acceptors (Lipinski definition) is 3. The molecule has 2 rings (SSSR count). The quantitative estimate of drug-likeness (QED) is 0.343. The maximum Gasteiger partial charge on any atom is 0.170 e. The van der Waals surface area contributed by atoms with Crippen LogP contribution in [0.15, 0.2) is 47.6 Å². The second-order valence-corrected chi connectivity index (χ2v) is 4.54. The fraction of sp³-hybridized carbons (Fsp3) is 0.133. The Hall–Kier alpha value is -2.47. The summed E-state index contributed by atoms with van der Waals surface area (Å²) in [6.07, 6.45) is 0. The van der Waals surface area contributed by atoms with E-state index in [0.717, 1.165) is 17.7 Å². The van der Waals surface area contributed by atoms with Gasteiger partial charge in [-0.15, -0.1) is 0 Å². The number of halogens is 2. The highest BCUT2D eigenvalue weighted by molar-refractivity contribution is 5.97. The van der Waals surface area contributed by atoms with Gasteiger partial charge in [-0.1, -0.05) is 29.4 Å². The molecule has 0 bridgehead atoms. The van der Waals surface area contributed by atoms with Crippen molar-refractivity contribution < 1.29 is 14.0 Å². The summed E-state index contributed by atoms with van der Waals surface area (Å²) in [6.45, 7) is 0.927. The number of oxime groups is 1. The first kappa shape index (κ1) is 14.9. The normalized spacial score (nSPS) is 11.6. The van der Waals surface area contributed by atoms with Gasteiger partial charge in [0.05, 0.1) is 0 Å². The molecular formula is C15H15F2N3O. The molecule has 2 aromatic carbocycles. The highest BCUT2D eigenvalue weighted by Crippen LogP contribution is 2.09. The molecule has 4 nitrogen and oxygen atoms in total. The average molecular weight is 291 g/mol. The number of amidine groups is 1. The van der Waals surface area contributed by atoms with Crippen molar-refractivity contribution in [1.29, 1.82) is 0 Å². The maximum atomic E-state index is 13.1. The van der Waals surface area contributed by atoms with Gasteiger partial charge in [0.1, 0.15) is 0 Å². The Kier molecular flexibility index (Phi) is 4.84. The van der Waals surface area contributed by atoms with Crippen molar-refractivity contribution in [3.05, 3.63) is 70.8 Å². The van der Waals surface area contributed by atoms with Crippen molar-refractivity contribution in [2.75, 3.05) is 0 Å². The van der Waals surface area contributed by atoms with Crippen LogP contribution in [0.5, 0.6) is 0 Å². The van der Waals surface area contributed by atoms with Crippen molar-refractivity contribution >= 4 is 5.84 Å². The first-order valence-electron chi connectivity index (χ1n) is 6.31. The van der Waals surface area contributed by atoms with Crippen LogP contribution in [-0.4, -0.2) is 11.0 Å². The Balaban J connectivity index is 1.95. The number of rotatable bonds is 5. The lowest BCUT2D eigenvalue weighted by molar-refractivity contribution is 0.318. The zero-order chi connectivity index (χ0) is 15.2. The van der Waals surface area contributed by atoms with Crippen LogP contribution in [-0.2, 0) is 13.1 Å². The summed E-state index contributed by atoms with van der Waals surface area (Å²) in [5.41, 5.74) is 7.72. The van der Waals surface area contributed by atoms with E-state index in [-0.39, 0.29) is 5.84 Å². The van der Waals surface area contributed by atoms with Crippen LogP contribution in [0.25, 0.3) is 0 Å². The Labute approximate surface area is 120 Å². The van der Waals surface area contributed by atoms with E-state index in [1.807, 2.05) is 6.07 Å². The van der Waals surface area contributed by atoms with Gasteiger partial charge in [-0.05, 0) is 29.3 Å². The monoisotopic (exact) mass is 291 g/mol. The molecule has 0 aromatic heterocycles. The highest BCUT2D eigenvalue weighted by Gasteiger charge is 2.03. The molecule has 0 aliphatic heterocycles. The minimum Gasteiger partial charge on any atom is -0.409 e. The van der Waals surface area contributed by atoms with Crippen LogP contribution in [0.2, 0.25) is 0 Å². The molecule has 2 aromatic rings. The molecule has 0 spiro atoms. The highest BCUT2D eigenvalue weighted by atomic mass is 19.2. The smallest absolute Gasteiger partial charge is 0.170 e. The fourth-order valence-electron chi connectivity index (χ4n) is 1.90. The van der Waals surface area contributed by atoms with Crippen LogP contribution >= 0.6 is 0 Å². The number of nitrogens with one attached hydrogen (secondary N) is 1. The molecule has 0 saturated heterocycles. The third-order valence-electron chi connectivity index (χ3n) is 2.97. The number of nitrogens with zero attached hydrogens (tertiary/aromatic N) is 1. The summed E-state index contributed by atoms with van der Waals surface area (Å²) in [5, 5.41) is 14.7. The molecule has 0 heterocycles. The second kappa shape index (κ2) is 6.81. The van der Waals surface area contributed by atoms with Crippen LogP contribution in [0.1, 0.15) is 16.7 Å². The zero-order valence-electron chi connectivity index (χ0n) is 11.2. The van der Waals surface area contributed by atoms with Gasteiger partial charge in [0.2, 0.25) is 0 Å². The van der Waals surface area contributed by atoms with Crippen LogP contribution in [0, 0.1) is 11.6 Å². The van der Waals surface area contributed by atoms with Crippen molar-refractivity contribution in [3.63, 3.8) is 0 Å². The molecule has 6 heteroatoms. The minimum atomic E-state index is -0.858. The predicted molar refractivity (Wildman–Crippen MR) is 75.9 cm³/mol. The minimum absolute atomic E-state index is 0.0393. The molecule has 4 N–H and O–H groups in total. The molecule has 0 fully saturated rings. The van der Waals surface area contributed by atoms with Crippen LogP contribution in [0.4, 0.5) is 8.78 Å². The maximum absolute atomic E-state index is 13.1. The van der Waals surface area contributed by atoms with E-state index in [2.05, 4.69) is 10.5 Å². The first-order chi connectivity index (χ1) is 10.1. The Bertz CT molecular complexity index is 659. The van der Waals surface area contributed by atoms with Gasteiger partial charge in [-0.3, -0.25) is 0 Å². The third-order valence-corrected chi connectivity index (χ3v) is 2.97. The molecule has 21 heavy (non-hydrogen) atoms. The Morgan fingerprint density at radius 2 is 1.76 bits per heavy atom. The lowest BCUT2D eigenvalue weighted by atomic mass is 10.1. The summed E-state index contributed by atoms with van der Waals surface area (Å²) >= 11 is 0. The number of benzene rings is 2. The molecule has 0 unspecified atom stereocenters. The van der Waals surface area contributed by atoms with Crippen molar-refractivity contribution in [2.24, 2.45) is 10.9 Å². The molecule has 110 valence electrons. The predicted octanol–water partition coefficient (Wildman–Crippen LogP) is 2.35. The second-order valence-electron chi connectivity index (χ2n) is 4.54. The summed E-state index contributed by atoms with van der Waals surface area (Å²) in [7, 11) is 0. The average Bonchev–Trinajstić information content (AvgIpc) is 2.50. The summed E-state index contributed by atoms with van der Waals surface area (Å²) in [6, 6.07) is 11.0. The Morgan fingerprint density at radius 3 is 2.43 bits per heavy atom. The van der Waals surface area contributed by atoms with Gasteiger partial charge in [-0.25, -0.2) is 8.78 Å². The SMILES string of the molecule is NC(=NO)c1cccc(CNCc2ccc(F)c(F)c2)c1. The van der Waals surface area contributed by atoms with Crippen molar-refractivity contribution in [1.82, 2.24) is 5.32 Å². The van der Waals surface area contributed by atoms with E-state index >= 15 is 0 Å². The third kappa shape index (κ3) is 4.00. The lowest BCUT2D eigenvalue weighted by Gasteiger charge is -2.07. The largest absolute Gasteiger partial charge is 0.409 e. The Morgan fingerprint density at radius 1 is 1.05 bits per heavy atom. The van der Waals surface area contributed by atoms with Crippen molar-refractivity contribution in [3.8, 4) is 0 Å². The number of hydrogen-bond donors (Lipinski definition) is 3. The molecular weight excluding hydrogens is 276 g/mol. The molecule has 0 saturated carbocycles. The van der Waals surface area contributed by atoms with E-state index in [0.29, 0.717) is 24.2 Å². The van der Waals surface area contributed by atoms with E-state index < -0.39 is 11.6 Å². The summed E-state index contributed by atoms with van der Waals surface area (Å²) in [5.74, 6) is -1.68. The summed E-state index contributed by atoms with van der Waals surface area (Å²) in [4.78, 5) is 0. The summed E-state index contributed by atoms with van der Waals surface area (Å²) < 4.78 is 25.9. The van der Waals surface area contributed by atoms with E-state index in [4.69, 9.17) is 10.9 Å².